The predicted molar refractivity (Wildman–Crippen MR) is 78.1 cm³/mol. The Bertz CT molecular complexity index is 657. The summed E-state index contributed by atoms with van der Waals surface area (Å²) >= 11 is 0. The van der Waals surface area contributed by atoms with Gasteiger partial charge < -0.3 is 4.74 Å². The molecule has 0 bridgehead atoms. The topological polar surface area (TPSA) is 72.8 Å². The molecule has 0 aromatic carbocycles. The van der Waals surface area contributed by atoms with Gasteiger partial charge in [0.15, 0.2) is 5.69 Å². The number of hydrogen-bond acceptors (Lipinski definition) is 4. The number of ether oxygens (including phenoxy) is 1. The molecule has 0 spiro atoms. The van der Waals surface area contributed by atoms with Crippen LogP contribution in [-0.2, 0) is 24.1 Å². The summed E-state index contributed by atoms with van der Waals surface area (Å²) in [6.45, 7) is 5.13. The Hall–Kier alpha value is -2.11. The fourth-order valence-electron chi connectivity index (χ4n) is 2.83. The Labute approximate surface area is 123 Å². The number of aromatic amines is 1. The number of carbonyl (C=O) groups is 1. The van der Waals surface area contributed by atoms with Crippen molar-refractivity contribution in [2.24, 2.45) is 0 Å². The van der Waals surface area contributed by atoms with E-state index in [9.17, 15) is 4.79 Å². The third-order valence-electron chi connectivity index (χ3n) is 3.84. The Morgan fingerprint density at radius 1 is 1.43 bits per heavy atom. The lowest BCUT2D eigenvalue weighted by atomic mass is 9.94. The van der Waals surface area contributed by atoms with Crippen LogP contribution in [0, 0.1) is 0 Å². The van der Waals surface area contributed by atoms with E-state index >= 15 is 0 Å². The van der Waals surface area contributed by atoms with E-state index in [1.165, 1.54) is 0 Å². The van der Waals surface area contributed by atoms with Crippen LogP contribution in [0.1, 0.15) is 48.4 Å². The lowest BCUT2D eigenvalue weighted by Crippen LogP contribution is -2.10. The molecule has 0 atom stereocenters. The zero-order chi connectivity index (χ0) is 14.8. The lowest BCUT2D eigenvalue weighted by Gasteiger charge is -2.14. The Balaban J connectivity index is 2.08. The zero-order valence-electron chi connectivity index (χ0n) is 12.5. The van der Waals surface area contributed by atoms with Crippen LogP contribution in [0.3, 0.4) is 0 Å². The number of esters is 1. The van der Waals surface area contributed by atoms with Crippen LogP contribution in [0.4, 0.5) is 0 Å². The monoisotopic (exact) mass is 288 g/mol. The van der Waals surface area contributed by atoms with Crippen LogP contribution >= 0.6 is 0 Å². The minimum absolute atomic E-state index is 0.323. The van der Waals surface area contributed by atoms with E-state index in [-0.39, 0.29) is 5.97 Å². The van der Waals surface area contributed by atoms with E-state index in [0.717, 1.165) is 54.7 Å². The van der Waals surface area contributed by atoms with Gasteiger partial charge in [0.25, 0.3) is 0 Å². The van der Waals surface area contributed by atoms with E-state index in [4.69, 9.17) is 4.74 Å². The molecule has 0 unspecified atom stereocenters. The van der Waals surface area contributed by atoms with Crippen molar-refractivity contribution in [1.82, 2.24) is 20.0 Å². The number of nitrogens with one attached hydrogen (secondary N) is 1. The summed E-state index contributed by atoms with van der Waals surface area (Å²) < 4.78 is 7.09. The maximum atomic E-state index is 12.1. The maximum Gasteiger partial charge on any atom is 0.359 e. The second kappa shape index (κ2) is 5.71. The summed E-state index contributed by atoms with van der Waals surface area (Å²) in [6, 6.07) is 0. The van der Waals surface area contributed by atoms with Crippen molar-refractivity contribution in [3.05, 3.63) is 23.1 Å². The first kappa shape index (κ1) is 13.9. The minimum Gasteiger partial charge on any atom is -0.461 e. The molecule has 0 radical (unpaired) electrons. The van der Waals surface area contributed by atoms with Gasteiger partial charge in [0, 0.05) is 23.4 Å². The predicted octanol–water partition coefficient (Wildman–Crippen LogP) is 2.35. The third-order valence-corrected chi connectivity index (χ3v) is 3.84. The summed E-state index contributed by atoms with van der Waals surface area (Å²) in [5.41, 5.74) is 4.68. The first-order valence-corrected chi connectivity index (χ1v) is 7.55. The van der Waals surface area contributed by atoms with E-state index in [1.54, 1.807) is 0 Å². The summed E-state index contributed by atoms with van der Waals surface area (Å²) in [6.07, 6.45) is 5.59. The molecule has 6 nitrogen and oxygen atoms in total. The number of carbonyl (C=O) groups excluding carboxylic acids is 1. The molecule has 2 aromatic rings. The Morgan fingerprint density at radius 3 is 3.05 bits per heavy atom. The lowest BCUT2D eigenvalue weighted by molar-refractivity contribution is 0.0517. The number of H-pyrrole nitrogens is 1. The minimum atomic E-state index is -0.323. The molecule has 6 heteroatoms. The molecule has 3 rings (SSSR count). The zero-order valence-corrected chi connectivity index (χ0v) is 12.5. The first-order valence-electron chi connectivity index (χ1n) is 7.55. The fourth-order valence-corrected chi connectivity index (χ4v) is 2.83. The van der Waals surface area contributed by atoms with E-state index < -0.39 is 0 Å². The summed E-state index contributed by atoms with van der Waals surface area (Å²) in [5, 5.41) is 11.7. The number of unbranched alkanes of at least 4 members (excludes halogenated alkanes) is 1. The molecule has 0 saturated heterocycles. The van der Waals surface area contributed by atoms with Gasteiger partial charge in [0.1, 0.15) is 0 Å². The number of nitrogens with zero attached hydrogens (tertiary/aromatic N) is 3. The quantitative estimate of drug-likeness (QED) is 0.857. The van der Waals surface area contributed by atoms with Crippen molar-refractivity contribution >= 4 is 5.97 Å². The highest BCUT2D eigenvalue weighted by atomic mass is 16.5. The van der Waals surface area contributed by atoms with Crippen LogP contribution in [0.5, 0.6) is 0 Å². The normalized spacial score (nSPS) is 12.9. The Kier molecular flexibility index (Phi) is 3.77. The second-order valence-electron chi connectivity index (χ2n) is 5.24. The summed E-state index contributed by atoms with van der Waals surface area (Å²) in [4.78, 5) is 12.1. The number of fused-ring (bicyclic) bond motifs is 3. The van der Waals surface area contributed by atoms with Gasteiger partial charge in [-0.05, 0) is 26.2 Å². The highest BCUT2D eigenvalue weighted by molar-refractivity contribution is 5.92. The van der Waals surface area contributed by atoms with Crippen molar-refractivity contribution in [3.63, 3.8) is 0 Å². The average molecular weight is 288 g/mol. The van der Waals surface area contributed by atoms with Gasteiger partial charge in [-0.1, -0.05) is 13.3 Å². The molecule has 0 fully saturated rings. The van der Waals surface area contributed by atoms with Gasteiger partial charge in [-0.3, -0.25) is 9.78 Å². The highest BCUT2D eigenvalue weighted by Gasteiger charge is 2.29. The van der Waals surface area contributed by atoms with Gasteiger partial charge in [-0.2, -0.15) is 10.2 Å². The second-order valence-corrected chi connectivity index (χ2v) is 5.24. The number of rotatable bonds is 5. The van der Waals surface area contributed by atoms with E-state index in [1.807, 2.05) is 17.8 Å². The van der Waals surface area contributed by atoms with Gasteiger partial charge in [0.2, 0.25) is 0 Å². The van der Waals surface area contributed by atoms with Crippen LogP contribution in [0.15, 0.2) is 6.20 Å². The smallest absolute Gasteiger partial charge is 0.359 e. The standard InChI is InChI=1S/C15H20N4O2/c1-3-5-8-19-14-10(13(18-19)15(20)21-4-2)6-7-12-11(14)9-16-17-12/h9H,3-8H2,1-2H3,(H,16,17). The highest BCUT2D eigenvalue weighted by Crippen LogP contribution is 2.34. The molecule has 21 heavy (non-hydrogen) atoms. The fraction of sp³-hybridized carbons (Fsp3) is 0.533. The molecular weight excluding hydrogens is 268 g/mol. The largest absolute Gasteiger partial charge is 0.461 e. The Morgan fingerprint density at radius 2 is 2.29 bits per heavy atom. The molecule has 2 aromatic heterocycles. The molecule has 1 aliphatic rings. The number of aromatic nitrogens is 4. The summed E-state index contributed by atoms with van der Waals surface area (Å²) in [5.74, 6) is -0.323. The molecule has 1 aliphatic carbocycles. The van der Waals surface area contributed by atoms with Gasteiger partial charge in [-0.15, -0.1) is 0 Å². The average Bonchev–Trinajstić information content (AvgIpc) is 3.09. The number of aryl methyl sites for hydroxylation is 2. The van der Waals surface area contributed by atoms with Crippen molar-refractivity contribution in [3.8, 4) is 11.3 Å². The van der Waals surface area contributed by atoms with Gasteiger partial charge in [0.05, 0.1) is 18.5 Å². The van der Waals surface area contributed by atoms with E-state index in [2.05, 4.69) is 22.2 Å². The third kappa shape index (κ3) is 2.34. The summed E-state index contributed by atoms with van der Waals surface area (Å²) in [7, 11) is 0. The molecule has 0 amide bonds. The van der Waals surface area contributed by atoms with Crippen LogP contribution < -0.4 is 0 Å². The molecule has 112 valence electrons. The van der Waals surface area contributed by atoms with Crippen LogP contribution in [-0.4, -0.2) is 32.6 Å². The first-order chi connectivity index (χ1) is 10.3. The molecule has 0 saturated carbocycles. The molecule has 2 heterocycles. The SMILES string of the molecule is CCCCn1nc(C(=O)OCC)c2c1-c1cn[nH]c1CC2. The number of hydrogen-bond donors (Lipinski definition) is 1. The van der Waals surface area contributed by atoms with Crippen LogP contribution in [0.2, 0.25) is 0 Å². The van der Waals surface area contributed by atoms with Gasteiger partial charge in [-0.25, -0.2) is 4.79 Å². The maximum absolute atomic E-state index is 12.1. The van der Waals surface area contributed by atoms with Crippen LogP contribution in [0.25, 0.3) is 11.3 Å². The van der Waals surface area contributed by atoms with Crippen molar-refractivity contribution in [2.75, 3.05) is 6.61 Å². The van der Waals surface area contributed by atoms with Crippen molar-refractivity contribution in [2.45, 2.75) is 46.1 Å². The van der Waals surface area contributed by atoms with Crippen molar-refractivity contribution < 1.29 is 9.53 Å². The molecular formula is C15H20N4O2. The molecule has 0 aliphatic heterocycles. The van der Waals surface area contributed by atoms with Crippen molar-refractivity contribution in [1.29, 1.82) is 0 Å². The van der Waals surface area contributed by atoms with Gasteiger partial charge >= 0.3 is 5.97 Å². The molecule has 1 N–H and O–H groups in total. The van der Waals surface area contributed by atoms with E-state index in [0.29, 0.717) is 12.3 Å².